The van der Waals surface area contributed by atoms with Crippen molar-refractivity contribution < 1.29 is 26.7 Å². The van der Waals surface area contributed by atoms with Crippen molar-refractivity contribution in [2.75, 3.05) is 24.8 Å². The smallest absolute Gasteiger partial charge is 0.335 e. The first-order chi connectivity index (χ1) is 9.51. The Balaban J connectivity index is 2.75. The van der Waals surface area contributed by atoms with Crippen molar-refractivity contribution in [3.63, 3.8) is 0 Å². The summed E-state index contributed by atoms with van der Waals surface area (Å²) in [5, 5.41) is 8.77. The molecule has 0 fully saturated rings. The molecule has 9 heteroatoms. The van der Waals surface area contributed by atoms with E-state index < -0.39 is 37.3 Å². The Bertz CT molecular complexity index is 707. The molecule has 0 aliphatic rings. The summed E-state index contributed by atoms with van der Waals surface area (Å²) in [6.45, 7) is 0.0476. The third-order valence-corrected chi connectivity index (χ3v) is 5.80. The summed E-state index contributed by atoms with van der Waals surface area (Å²) in [5.74, 6) is -1.97. The maximum absolute atomic E-state index is 11.9. The van der Waals surface area contributed by atoms with Crippen molar-refractivity contribution in [3.05, 3.63) is 35.4 Å². The van der Waals surface area contributed by atoms with Gasteiger partial charge in [0.15, 0.2) is 0 Å². The number of sulfonamides is 1. The zero-order chi connectivity index (χ0) is 16.3. The largest absolute Gasteiger partial charge is 0.478 e. The van der Waals surface area contributed by atoms with E-state index in [-0.39, 0.29) is 12.1 Å². The fourth-order valence-corrected chi connectivity index (χ4v) is 4.23. The topological polar surface area (TPSA) is 109 Å². The maximum Gasteiger partial charge on any atom is 0.335 e. The molecule has 0 aliphatic carbocycles. The molecule has 1 N–H and O–H groups in total. The number of benzene rings is 1. The van der Waals surface area contributed by atoms with Gasteiger partial charge in [0.1, 0.15) is 9.84 Å². The molecule has 0 bridgehead atoms. The van der Waals surface area contributed by atoms with Gasteiger partial charge in [-0.05, 0) is 17.7 Å². The quantitative estimate of drug-likeness (QED) is 0.762. The van der Waals surface area contributed by atoms with Crippen LogP contribution >= 0.6 is 0 Å². The molecule has 0 atom stereocenters. The number of rotatable bonds is 7. The SMILES string of the molecule is CN(Cc1ccc(C(=O)O)cc1)S(=O)(=O)CCS(C)(=O)=O. The van der Waals surface area contributed by atoms with Gasteiger partial charge < -0.3 is 5.11 Å². The van der Waals surface area contributed by atoms with E-state index in [1.807, 2.05) is 0 Å². The van der Waals surface area contributed by atoms with Crippen LogP contribution in [0, 0.1) is 0 Å². The Morgan fingerprint density at radius 1 is 1.10 bits per heavy atom. The van der Waals surface area contributed by atoms with E-state index in [9.17, 15) is 21.6 Å². The van der Waals surface area contributed by atoms with Crippen molar-refractivity contribution in [2.45, 2.75) is 6.54 Å². The Morgan fingerprint density at radius 2 is 1.62 bits per heavy atom. The van der Waals surface area contributed by atoms with E-state index >= 15 is 0 Å². The lowest BCUT2D eigenvalue weighted by Crippen LogP contribution is -2.31. The average Bonchev–Trinajstić information content (AvgIpc) is 2.36. The number of carbonyl (C=O) groups is 1. The first-order valence-electron chi connectivity index (χ1n) is 5.95. The van der Waals surface area contributed by atoms with Crippen LogP contribution in [0.4, 0.5) is 0 Å². The van der Waals surface area contributed by atoms with Crippen LogP contribution in [0.1, 0.15) is 15.9 Å². The first kappa shape index (κ1) is 17.6. The molecule has 0 unspecified atom stereocenters. The van der Waals surface area contributed by atoms with Crippen LogP contribution in [0.2, 0.25) is 0 Å². The number of sulfone groups is 1. The maximum atomic E-state index is 11.9. The highest BCUT2D eigenvalue weighted by Crippen LogP contribution is 2.10. The van der Waals surface area contributed by atoms with Crippen molar-refractivity contribution >= 4 is 25.8 Å². The number of carboxylic acids is 1. The highest BCUT2D eigenvalue weighted by atomic mass is 32.2. The fourth-order valence-electron chi connectivity index (χ4n) is 1.52. The van der Waals surface area contributed by atoms with Gasteiger partial charge in [0.25, 0.3) is 0 Å². The second kappa shape index (κ2) is 6.54. The molecule has 1 rings (SSSR count). The van der Waals surface area contributed by atoms with E-state index in [1.54, 1.807) is 0 Å². The summed E-state index contributed by atoms with van der Waals surface area (Å²) in [4.78, 5) is 10.7. The van der Waals surface area contributed by atoms with Crippen LogP contribution < -0.4 is 0 Å². The third kappa shape index (κ3) is 5.82. The summed E-state index contributed by atoms with van der Waals surface area (Å²) in [7, 11) is -5.68. The molecule has 0 aromatic heterocycles. The molecule has 7 nitrogen and oxygen atoms in total. The lowest BCUT2D eigenvalue weighted by atomic mass is 10.1. The summed E-state index contributed by atoms with van der Waals surface area (Å²) < 4.78 is 46.9. The van der Waals surface area contributed by atoms with Crippen LogP contribution in [-0.2, 0) is 26.4 Å². The van der Waals surface area contributed by atoms with Gasteiger partial charge in [-0.15, -0.1) is 0 Å². The number of carboxylic acid groups (broad SMARTS) is 1. The lowest BCUT2D eigenvalue weighted by molar-refractivity contribution is 0.0697. The van der Waals surface area contributed by atoms with Gasteiger partial charge in [-0.3, -0.25) is 0 Å². The average molecular weight is 335 g/mol. The molecule has 0 saturated carbocycles. The van der Waals surface area contributed by atoms with Crippen molar-refractivity contribution in [2.24, 2.45) is 0 Å². The summed E-state index contributed by atoms with van der Waals surface area (Å²) in [6, 6.07) is 5.81. The van der Waals surface area contributed by atoms with E-state index in [0.29, 0.717) is 5.56 Å². The van der Waals surface area contributed by atoms with E-state index in [1.165, 1.54) is 31.3 Å². The Hall–Kier alpha value is -1.45. The van der Waals surface area contributed by atoms with Crippen LogP contribution in [0.3, 0.4) is 0 Å². The Morgan fingerprint density at radius 3 is 2.05 bits per heavy atom. The molecule has 1 aromatic rings. The second-order valence-corrected chi connectivity index (χ2v) is 9.16. The standard InChI is InChI=1S/C12H17NO6S2/c1-13(21(18,19)8-7-20(2,16)17)9-10-3-5-11(6-4-10)12(14)15/h3-6H,7-9H2,1-2H3,(H,14,15). The van der Waals surface area contributed by atoms with Gasteiger partial charge in [0.2, 0.25) is 10.0 Å². The zero-order valence-electron chi connectivity index (χ0n) is 11.7. The van der Waals surface area contributed by atoms with E-state index in [2.05, 4.69) is 0 Å². The lowest BCUT2D eigenvalue weighted by Gasteiger charge is -2.17. The van der Waals surface area contributed by atoms with Gasteiger partial charge in [0, 0.05) is 19.8 Å². The summed E-state index contributed by atoms with van der Waals surface area (Å²) >= 11 is 0. The van der Waals surface area contributed by atoms with Crippen molar-refractivity contribution in [1.29, 1.82) is 0 Å². The Kier molecular flexibility index (Phi) is 5.48. The zero-order valence-corrected chi connectivity index (χ0v) is 13.3. The molecule has 0 amide bonds. The predicted molar refractivity (Wildman–Crippen MR) is 78.4 cm³/mol. The third-order valence-electron chi connectivity index (χ3n) is 2.79. The van der Waals surface area contributed by atoms with E-state index in [4.69, 9.17) is 5.11 Å². The summed E-state index contributed by atoms with van der Waals surface area (Å²) in [5.41, 5.74) is 0.728. The highest BCUT2D eigenvalue weighted by molar-refractivity contribution is 7.93. The number of hydrogen-bond donors (Lipinski definition) is 1. The summed E-state index contributed by atoms with van der Waals surface area (Å²) in [6.07, 6.45) is 0.979. The molecule has 0 saturated heterocycles. The van der Waals surface area contributed by atoms with Crippen molar-refractivity contribution in [1.82, 2.24) is 4.31 Å². The normalized spacial score (nSPS) is 12.5. The van der Waals surface area contributed by atoms with Crippen LogP contribution in [0.25, 0.3) is 0 Å². The van der Waals surface area contributed by atoms with Gasteiger partial charge in [-0.25, -0.2) is 25.9 Å². The first-order valence-corrected chi connectivity index (χ1v) is 9.62. The molecule has 118 valence electrons. The van der Waals surface area contributed by atoms with Gasteiger partial charge in [0.05, 0.1) is 17.1 Å². The molecule has 0 heterocycles. The van der Waals surface area contributed by atoms with Crippen LogP contribution in [-0.4, -0.2) is 57.0 Å². The highest BCUT2D eigenvalue weighted by Gasteiger charge is 2.20. The molecular formula is C12H17NO6S2. The molecule has 1 aromatic carbocycles. The number of hydrogen-bond acceptors (Lipinski definition) is 5. The molecular weight excluding hydrogens is 318 g/mol. The fraction of sp³-hybridized carbons (Fsp3) is 0.417. The monoisotopic (exact) mass is 335 g/mol. The minimum Gasteiger partial charge on any atom is -0.478 e. The minimum atomic E-state index is -3.68. The number of aromatic carboxylic acids is 1. The van der Waals surface area contributed by atoms with Gasteiger partial charge >= 0.3 is 5.97 Å². The van der Waals surface area contributed by atoms with Gasteiger partial charge in [-0.2, -0.15) is 0 Å². The van der Waals surface area contributed by atoms with Crippen LogP contribution in [0.15, 0.2) is 24.3 Å². The van der Waals surface area contributed by atoms with Gasteiger partial charge in [-0.1, -0.05) is 12.1 Å². The molecule has 0 spiro atoms. The van der Waals surface area contributed by atoms with E-state index in [0.717, 1.165) is 10.6 Å². The Labute approximate surface area is 124 Å². The molecule has 0 radical (unpaired) electrons. The van der Waals surface area contributed by atoms with Crippen LogP contribution in [0.5, 0.6) is 0 Å². The molecule has 0 aliphatic heterocycles. The minimum absolute atomic E-state index is 0.0476. The second-order valence-electron chi connectivity index (χ2n) is 4.70. The van der Waals surface area contributed by atoms with Crippen molar-refractivity contribution in [3.8, 4) is 0 Å². The number of nitrogens with zero attached hydrogens (tertiary/aromatic N) is 1. The predicted octanol–water partition coefficient (Wildman–Crippen LogP) is 0.191. The molecule has 21 heavy (non-hydrogen) atoms.